The van der Waals surface area contributed by atoms with Gasteiger partial charge in [-0.05, 0) is 26.7 Å². The molecule has 1 aromatic heterocycles. The lowest BCUT2D eigenvalue weighted by atomic mass is 9.96. The van der Waals surface area contributed by atoms with E-state index in [0.717, 1.165) is 24.1 Å². The molecule has 19 heavy (non-hydrogen) atoms. The first-order chi connectivity index (χ1) is 9.08. The highest BCUT2D eigenvalue weighted by molar-refractivity contribution is 5.74. The van der Waals surface area contributed by atoms with E-state index in [1.807, 2.05) is 31.8 Å². The van der Waals surface area contributed by atoms with Crippen LogP contribution < -0.4 is 10.6 Å². The third-order valence-corrected chi connectivity index (χ3v) is 4.03. The number of hydrogen-bond donors (Lipinski definition) is 2. The first kappa shape index (κ1) is 13.9. The molecule has 1 aromatic rings. The molecule has 0 radical (unpaired) electrons. The summed E-state index contributed by atoms with van der Waals surface area (Å²) < 4.78 is 1.83. The molecule has 1 heterocycles. The molecule has 1 aliphatic rings. The lowest BCUT2D eigenvalue weighted by Gasteiger charge is -2.24. The highest BCUT2D eigenvalue weighted by atomic mass is 16.2. The van der Waals surface area contributed by atoms with Crippen molar-refractivity contribution in [1.82, 2.24) is 20.4 Å². The van der Waals surface area contributed by atoms with E-state index in [0.29, 0.717) is 6.04 Å². The van der Waals surface area contributed by atoms with Gasteiger partial charge in [0.15, 0.2) is 0 Å². The molecular weight excluding hydrogens is 240 g/mol. The maximum atomic E-state index is 12.0. The van der Waals surface area contributed by atoms with Gasteiger partial charge in [-0.3, -0.25) is 4.68 Å². The van der Waals surface area contributed by atoms with Crippen molar-refractivity contribution in [2.75, 3.05) is 0 Å². The first-order valence-electron chi connectivity index (χ1n) is 7.13. The first-order valence-corrected chi connectivity index (χ1v) is 7.13. The van der Waals surface area contributed by atoms with Crippen LogP contribution in [0, 0.1) is 6.92 Å². The number of amides is 2. The number of rotatable bonds is 3. The number of carbonyl (C=O) groups is 1. The van der Waals surface area contributed by atoms with Gasteiger partial charge >= 0.3 is 6.03 Å². The zero-order valence-electron chi connectivity index (χ0n) is 12.1. The molecule has 1 unspecified atom stereocenters. The van der Waals surface area contributed by atoms with Crippen LogP contribution in [0.1, 0.15) is 56.3 Å². The quantitative estimate of drug-likeness (QED) is 0.881. The molecular formula is C14H24N4O. The molecule has 106 valence electrons. The van der Waals surface area contributed by atoms with Gasteiger partial charge in [0, 0.05) is 24.3 Å². The third-order valence-electron chi connectivity index (χ3n) is 4.03. The summed E-state index contributed by atoms with van der Waals surface area (Å²) in [4.78, 5) is 12.0. The summed E-state index contributed by atoms with van der Waals surface area (Å²) in [7, 11) is 1.91. The summed E-state index contributed by atoms with van der Waals surface area (Å²) >= 11 is 0. The highest BCUT2D eigenvalue weighted by Crippen LogP contribution is 2.18. The Labute approximate surface area is 114 Å². The van der Waals surface area contributed by atoms with E-state index in [1.165, 1.54) is 19.3 Å². The van der Waals surface area contributed by atoms with Crippen LogP contribution in [0.25, 0.3) is 0 Å². The largest absolute Gasteiger partial charge is 0.335 e. The molecule has 1 aliphatic carbocycles. The Morgan fingerprint density at radius 2 is 2.11 bits per heavy atom. The maximum absolute atomic E-state index is 12.0. The van der Waals surface area contributed by atoms with Gasteiger partial charge in [0.2, 0.25) is 0 Å². The van der Waals surface area contributed by atoms with Gasteiger partial charge in [-0.25, -0.2) is 4.79 Å². The molecule has 2 rings (SSSR count). The number of urea groups is 1. The molecule has 2 amide bonds. The van der Waals surface area contributed by atoms with Crippen molar-refractivity contribution in [3.8, 4) is 0 Å². The highest BCUT2D eigenvalue weighted by Gasteiger charge is 2.18. The van der Waals surface area contributed by atoms with E-state index in [9.17, 15) is 4.79 Å². The van der Waals surface area contributed by atoms with Gasteiger partial charge in [0.25, 0.3) is 0 Å². The Balaban J connectivity index is 1.86. The van der Waals surface area contributed by atoms with E-state index in [2.05, 4.69) is 15.7 Å². The Kier molecular flexibility index (Phi) is 4.45. The average Bonchev–Trinajstić information content (AvgIpc) is 2.71. The van der Waals surface area contributed by atoms with E-state index >= 15 is 0 Å². The van der Waals surface area contributed by atoms with Crippen LogP contribution >= 0.6 is 0 Å². The molecule has 5 nitrogen and oxygen atoms in total. The lowest BCUT2D eigenvalue weighted by Crippen LogP contribution is -2.43. The van der Waals surface area contributed by atoms with Gasteiger partial charge in [-0.1, -0.05) is 19.3 Å². The SMILES string of the molecule is Cc1c(C(C)NC(=O)NC2CCCCC2)cnn1C. The fraction of sp³-hybridized carbons (Fsp3) is 0.714. The van der Waals surface area contributed by atoms with Crippen LogP contribution in [0.15, 0.2) is 6.20 Å². The van der Waals surface area contributed by atoms with Crippen LogP contribution in [0.4, 0.5) is 4.79 Å². The second-order valence-corrected chi connectivity index (χ2v) is 5.48. The van der Waals surface area contributed by atoms with E-state index < -0.39 is 0 Å². The van der Waals surface area contributed by atoms with Crippen LogP contribution in [0.2, 0.25) is 0 Å². The number of carbonyl (C=O) groups excluding carboxylic acids is 1. The summed E-state index contributed by atoms with van der Waals surface area (Å²) in [5, 5.41) is 10.3. The fourth-order valence-electron chi connectivity index (χ4n) is 2.69. The van der Waals surface area contributed by atoms with Crippen molar-refractivity contribution in [1.29, 1.82) is 0 Å². The zero-order chi connectivity index (χ0) is 13.8. The molecule has 1 saturated carbocycles. The Bertz CT molecular complexity index is 435. The molecule has 0 aliphatic heterocycles. The van der Waals surface area contributed by atoms with Crippen molar-refractivity contribution in [3.63, 3.8) is 0 Å². The minimum atomic E-state index is -0.0670. The van der Waals surface area contributed by atoms with Gasteiger partial charge < -0.3 is 10.6 Å². The molecule has 1 atom stereocenters. The fourth-order valence-corrected chi connectivity index (χ4v) is 2.69. The van der Waals surface area contributed by atoms with Gasteiger partial charge in [0.05, 0.1) is 12.2 Å². The van der Waals surface area contributed by atoms with E-state index in [-0.39, 0.29) is 12.1 Å². The molecule has 5 heteroatoms. The smallest absolute Gasteiger partial charge is 0.315 e. The van der Waals surface area contributed by atoms with Crippen LogP contribution in [-0.4, -0.2) is 21.9 Å². The Morgan fingerprint density at radius 3 is 2.68 bits per heavy atom. The van der Waals surface area contributed by atoms with Gasteiger partial charge in [0.1, 0.15) is 0 Å². The average molecular weight is 264 g/mol. The number of aryl methyl sites for hydroxylation is 1. The molecule has 0 aromatic carbocycles. The number of hydrogen-bond acceptors (Lipinski definition) is 2. The number of nitrogens with one attached hydrogen (secondary N) is 2. The normalized spacial score (nSPS) is 18.1. The zero-order valence-corrected chi connectivity index (χ0v) is 12.1. The second kappa shape index (κ2) is 6.08. The van der Waals surface area contributed by atoms with Crippen molar-refractivity contribution >= 4 is 6.03 Å². The predicted molar refractivity (Wildman–Crippen MR) is 74.9 cm³/mol. The molecule has 0 spiro atoms. The van der Waals surface area contributed by atoms with Gasteiger partial charge in [-0.2, -0.15) is 5.10 Å². The predicted octanol–water partition coefficient (Wildman–Crippen LogP) is 2.42. The van der Waals surface area contributed by atoms with Crippen LogP contribution in [0.5, 0.6) is 0 Å². The monoisotopic (exact) mass is 264 g/mol. The van der Waals surface area contributed by atoms with Crippen molar-refractivity contribution in [2.45, 2.75) is 58.0 Å². The minimum Gasteiger partial charge on any atom is -0.335 e. The summed E-state index contributed by atoms with van der Waals surface area (Å²) in [5.41, 5.74) is 2.16. The molecule has 0 saturated heterocycles. The number of nitrogens with zero attached hydrogens (tertiary/aromatic N) is 2. The van der Waals surface area contributed by atoms with Crippen LogP contribution in [-0.2, 0) is 7.05 Å². The standard InChI is InChI=1S/C14H24N4O/c1-10(13-9-15-18(3)11(13)2)16-14(19)17-12-7-5-4-6-8-12/h9-10,12H,4-8H2,1-3H3,(H2,16,17,19). The summed E-state index contributed by atoms with van der Waals surface area (Å²) in [5.74, 6) is 0. The molecule has 2 N–H and O–H groups in total. The van der Waals surface area contributed by atoms with Crippen LogP contribution in [0.3, 0.4) is 0 Å². The third kappa shape index (κ3) is 3.49. The summed E-state index contributed by atoms with van der Waals surface area (Å²) in [6.45, 7) is 4.00. The summed E-state index contributed by atoms with van der Waals surface area (Å²) in [6, 6.07) is 0.260. The number of aromatic nitrogens is 2. The summed E-state index contributed by atoms with van der Waals surface area (Å²) in [6.07, 6.45) is 7.78. The van der Waals surface area contributed by atoms with E-state index in [1.54, 1.807) is 0 Å². The maximum Gasteiger partial charge on any atom is 0.315 e. The second-order valence-electron chi connectivity index (χ2n) is 5.48. The Morgan fingerprint density at radius 1 is 1.42 bits per heavy atom. The molecule has 0 bridgehead atoms. The van der Waals surface area contributed by atoms with E-state index in [4.69, 9.17) is 0 Å². The van der Waals surface area contributed by atoms with Gasteiger partial charge in [-0.15, -0.1) is 0 Å². The minimum absolute atomic E-state index is 0.0164. The lowest BCUT2D eigenvalue weighted by molar-refractivity contribution is 0.229. The molecule has 1 fully saturated rings. The van der Waals surface area contributed by atoms with Crippen molar-refractivity contribution in [3.05, 3.63) is 17.5 Å². The van der Waals surface area contributed by atoms with Crippen molar-refractivity contribution in [2.24, 2.45) is 7.05 Å². The Hall–Kier alpha value is -1.52. The topological polar surface area (TPSA) is 59.0 Å². The van der Waals surface area contributed by atoms with Crippen molar-refractivity contribution < 1.29 is 4.79 Å².